The van der Waals surface area contributed by atoms with Gasteiger partial charge in [-0.2, -0.15) is 4.31 Å². The van der Waals surface area contributed by atoms with Gasteiger partial charge in [0, 0.05) is 18.1 Å². The molecule has 0 saturated carbocycles. The molecule has 110 valence electrons. The summed E-state index contributed by atoms with van der Waals surface area (Å²) in [5.74, 6) is -0.942. The summed E-state index contributed by atoms with van der Waals surface area (Å²) in [4.78, 5) is 11.2. The van der Waals surface area contributed by atoms with E-state index >= 15 is 0 Å². The number of amides is 1. The fourth-order valence-electron chi connectivity index (χ4n) is 2.26. The molecule has 6 nitrogen and oxygen atoms in total. The maximum atomic E-state index is 12.6. The molecule has 1 heterocycles. The molecule has 4 N–H and O–H groups in total. The summed E-state index contributed by atoms with van der Waals surface area (Å²) in [5, 5.41) is 0.293. The van der Waals surface area contributed by atoms with Gasteiger partial charge in [-0.25, -0.2) is 8.42 Å². The van der Waals surface area contributed by atoms with Crippen molar-refractivity contribution in [2.45, 2.75) is 17.7 Å². The van der Waals surface area contributed by atoms with E-state index in [0.29, 0.717) is 24.4 Å². The first kappa shape index (κ1) is 15.1. The van der Waals surface area contributed by atoms with Gasteiger partial charge < -0.3 is 11.5 Å². The van der Waals surface area contributed by atoms with Crippen LogP contribution in [0, 0.1) is 5.92 Å². The Bertz CT molecular complexity index is 633. The number of anilines is 1. The van der Waals surface area contributed by atoms with Crippen LogP contribution in [0.25, 0.3) is 0 Å². The van der Waals surface area contributed by atoms with Crippen molar-refractivity contribution in [3.8, 4) is 0 Å². The molecule has 0 bridgehead atoms. The largest absolute Gasteiger partial charge is 0.398 e. The summed E-state index contributed by atoms with van der Waals surface area (Å²) >= 11 is 5.83. The summed E-state index contributed by atoms with van der Waals surface area (Å²) < 4.78 is 26.4. The summed E-state index contributed by atoms with van der Waals surface area (Å²) in [6, 6.07) is 4.29. The number of carbonyl (C=O) groups excluding carboxylic acids is 1. The zero-order chi connectivity index (χ0) is 14.9. The number of halogens is 1. The lowest BCUT2D eigenvalue weighted by Crippen LogP contribution is -2.44. The van der Waals surface area contributed by atoms with Gasteiger partial charge >= 0.3 is 0 Å². The molecular formula is C12H16ClN3O3S. The minimum Gasteiger partial charge on any atom is -0.398 e. The third-order valence-corrected chi connectivity index (χ3v) is 5.54. The van der Waals surface area contributed by atoms with Crippen LogP contribution in [-0.4, -0.2) is 31.7 Å². The highest BCUT2D eigenvalue weighted by molar-refractivity contribution is 7.89. The van der Waals surface area contributed by atoms with Gasteiger partial charge in [-0.05, 0) is 31.0 Å². The van der Waals surface area contributed by atoms with E-state index in [4.69, 9.17) is 23.1 Å². The fraction of sp³-hybridized carbons (Fsp3) is 0.417. The van der Waals surface area contributed by atoms with Crippen molar-refractivity contribution >= 4 is 33.2 Å². The third kappa shape index (κ3) is 2.89. The molecule has 8 heteroatoms. The smallest absolute Gasteiger partial charge is 0.245 e. The lowest BCUT2D eigenvalue weighted by Gasteiger charge is -2.30. The van der Waals surface area contributed by atoms with E-state index in [1.165, 1.54) is 22.5 Å². The van der Waals surface area contributed by atoms with Crippen LogP contribution in [0.15, 0.2) is 23.1 Å². The zero-order valence-corrected chi connectivity index (χ0v) is 12.3. The van der Waals surface area contributed by atoms with Crippen molar-refractivity contribution in [3.05, 3.63) is 23.2 Å². The Labute approximate surface area is 122 Å². The van der Waals surface area contributed by atoms with Crippen molar-refractivity contribution in [2.24, 2.45) is 11.7 Å². The van der Waals surface area contributed by atoms with E-state index < -0.39 is 21.8 Å². The molecule has 1 atom stereocenters. The van der Waals surface area contributed by atoms with E-state index in [9.17, 15) is 13.2 Å². The van der Waals surface area contributed by atoms with Crippen LogP contribution in [0.5, 0.6) is 0 Å². The van der Waals surface area contributed by atoms with Crippen LogP contribution in [0.4, 0.5) is 5.69 Å². The average molecular weight is 318 g/mol. The number of primary amides is 1. The Balaban J connectivity index is 2.35. The average Bonchev–Trinajstić information content (AvgIpc) is 2.41. The SMILES string of the molecule is NC(=O)C1CCCN(S(=O)(=O)c2cc(Cl)ccc2N)C1. The van der Waals surface area contributed by atoms with E-state index in [-0.39, 0.29) is 17.1 Å². The lowest BCUT2D eigenvalue weighted by molar-refractivity contribution is -0.122. The minimum absolute atomic E-state index is 0.0323. The minimum atomic E-state index is -3.77. The second-order valence-electron chi connectivity index (χ2n) is 4.79. The number of sulfonamides is 1. The first-order valence-electron chi connectivity index (χ1n) is 6.17. The molecule has 0 aliphatic carbocycles. The second kappa shape index (κ2) is 5.59. The summed E-state index contributed by atoms with van der Waals surface area (Å²) in [6.07, 6.45) is 1.19. The van der Waals surface area contributed by atoms with Crippen molar-refractivity contribution in [3.63, 3.8) is 0 Å². The number of nitrogens with zero attached hydrogens (tertiary/aromatic N) is 1. The Morgan fingerprint density at radius 1 is 1.40 bits per heavy atom. The maximum Gasteiger partial charge on any atom is 0.245 e. The first-order chi connectivity index (χ1) is 9.32. The summed E-state index contributed by atoms with van der Waals surface area (Å²) in [6.45, 7) is 0.432. The van der Waals surface area contributed by atoms with Gasteiger partial charge in [0.1, 0.15) is 4.90 Å². The molecule has 1 aliphatic rings. The van der Waals surface area contributed by atoms with E-state index in [0.717, 1.165) is 0 Å². The molecule has 1 unspecified atom stereocenters. The van der Waals surface area contributed by atoms with Crippen molar-refractivity contribution in [1.29, 1.82) is 0 Å². The molecule has 0 radical (unpaired) electrons. The summed E-state index contributed by atoms with van der Waals surface area (Å²) in [5.41, 5.74) is 11.1. The molecule has 0 spiro atoms. The maximum absolute atomic E-state index is 12.6. The number of rotatable bonds is 3. The molecule has 2 rings (SSSR count). The molecule has 1 aliphatic heterocycles. The van der Waals surface area contributed by atoms with Gasteiger partial charge in [0.25, 0.3) is 0 Å². The van der Waals surface area contributed by atoms with Crippen molar-refractivity contribution in [2.75, 3.05) is 18.8 Å². The number of nitrogens with two attached hydrogens (primary N) is 2. The Hall–Kier alpha value is -1.31. The Morgan fingerprint density at radius 2 is 2.10 bits per heavy atom. The highest BCUT2D eigenvalue weighted by Gasteiger charge is 2.33. The molecular weight excluding hydrogens is 302 g/mol. The van der Waals surface area contributed by atoms with E-state index in [1.54, 1.807) is 0 Å². The van der Waals surface area contributed by atoms with Crippen LogP contribution in [0.1, 0.15) is 12.8 Å². The predicted molar refractivity (Wildman–Crippen MR) is 76.5 cm³/mol. The number of benzene rings is 1. The van der Waals surface area contributed by atoms with Crippen LogP contribution in [0.3, 0.4) is 0 Å². The van der Waals surface area contributed by atoms with Gasteiger partial charge in [-0.15, -0.1) is 0 Å². The van der Waals surface area contributed by atoms with Crippen LogP contribution < -0.4 is 11.5 Å². The standard InChI is InChI=1S/C12H16ClN3O3S/c13-9-3-4-10(14)11(6-9)20(18,19)16-5-1-2-8(7-16)12(15)17/h3-4,6,8H,1-2,5,7,14H2,(H2,15,17). The van der Waals surface area contributed by atoms with E-state index in [2.05, 4.69) is 0 Å². The number of hydrogen-bond donors (Lipinski definition) is 2. The monoisotopic (exact) mass is 317 g/mol. The topological polar surface area (TPSA) is 106 Å². The van der Waals surface area contributed by atoms with Gasteiger partial charge in [0.15, 0.2) is 0 Å². The Morgan fingerprint density at radius 3 is 2.75 bits per heavy atom. The van der Waals surface area contributed by atoms with Gasteiger partial charge in [-0.1, -0.05) is 11.6 Å². The first-order valence-corrected chi connectivity index (χ1v) is 7.98. The highest BCUT2D eigenvalue weighted by Crippen LogP contribution is 2.28. The molecule has 1 amide bonds. The molecule has 1 aromatic rings. The Kier molecular flexibility index (Phi) is 4.22. The fourth-order valence-corrected chi connectivity index (χ4v) is 4.17. The van der Waals surface area contributed by atoms with Gasteiger partial charge in [0.2, 0.25) is 15.9 Å². The number of carbonyl (C=O) groups is 1. The second-order valence-corrected chi connectivity index (χ2v) is 7.13. The zero-order valence-electron chi connectivity index (χ0n) is 10.8. The quantitative estimate of drug-likeness (QED) is 0.804. The molecule has 1 aromatic carbocycles. The highest BCUT2D eigenvalue weighted by atomic mass is 35.5. The van der Waals surface area contributed by atoms with Crippen LogP contribution >= 0.6 is 11.6 Å². The van der Waals surface area contributed by atoms with Crippen LogP contribution in [-0.2, 0) is 14.8 Å². The van der Waals surface area contributed by atoms with E-state index in [1.807, 2.05) is 0 Å². The van der Waals surface area contributed by atoms with Gasteiger partial charge in [-0.3, -0.25) is 4.79 Å². The third-order valence-electron chi connectivity index (χ3n) is 3.38. The summed E-state index contributed by atoms with van der Waals surface area (Å²) in [7, 11) is -3.77. The van der Waals surface area contributed by atoms with Crippen molar-refractivity contribution in [1.82, 2.24) is 4.31 Å². The van der Waals surface area contributed by atoms with Crippen molar-refractivity contribution < 1.29 is 13.2 Å². The lowest BCUT2D eigenvalue weighted by atomic mass is 9.99. The normalized spacial score (nSPS) is 20.8. The molecule has 1 fully saturated rings. The number of hydrogen-bond acceptors (Lipinski definition) is 4. The molecule has 1 saturated heterocycles. The number of nitrogen functional groups attached to an aromatic ring is 1. The van der Waals surface area contributed by atoms with Gasteiger partial charge in [0.05, 0.1) is 11.6 Å². The van der Waals surface area contributed by atoms with Crippen LogP contribution in [0.2, 0.25) is 5.02 Å². The molecule has 20 heavy (non-hydrogen) atoms. The predicted octanol–water partition coefficient (Wildman–Crippen LogP) is 0.808. The molecule has 0 aromatic heterocycles. The number of piperidine rings is 1.